The molecule has 0 aliphatic rings. The summed E-state index contributed by atoms with van der Waals surface area (Å²) in [7, 11) is 5.26. The van der Waals surface area contributed by atoms with Crippen LogP contribution in [-0.2, 0) is 52.3 Å². The maximum absolute atomic E-state index is 12.2. The lowest BCUT2D eigenvalue weighted by atomic mass is 9.98. The molecule has 0 bridgehead atoms. The molecule has 0 rings (SSSR count). The first-order chi connectivity index (χ1) is 12.0. The second-order valence-electron chi connectivity index (χ2n) is 4.47. The highest BCUT2D eigenvalue weighted by molar-refractivity contribution is 5.87. The van der Waals surface area contributed by atoms with Gasteiger partial charge in [0.25, 0.3) is 0 Å². The van der Waals surface area contributed by atoms with Crippen LogP contribution in [0.2, 0.25) is 0 Å². The third-order valence-corrected chi connectivity index (χ3v) is 2.63. The van der Waals surface area contributed by atoms with Crippen molar-refractivity contribution in [2.45, 2.75) is 12.5 Å². The number of esters is 3. The van der Waals surface area contributed by atoms with Gasteiger partial charge in [-0.3, -0.25) is 9.59 Å². The zero-order chi connectivity index (χ0) is 19.1. The van der Waals surface area contributed by atoms with Crippen molar-refractivity contribution in [1.29, 1.82) is 0 Å². The van der Waals surface area contributed by atoms with Gasteiger partial charge in [-0.05, 0) is 0 Å². The molecule has 2 atom stereocenters. The van der Waals surface area contributed by atoms with Crippen LogP contribution in [0, 0.1) is 5.92 Å². The van der Waals surface area contributed by atoms with Gasteiger partial charge in [-0.2, -0.15) is 0 Å². The van der Waals surface area contributed by atoms with E-state index in [9.17, 15) is 14.4 Å². The van der Waals surface area contributed by atoms with Crippen molar-refractivity contribution in [3.05, 3.63) is 0 Å². The minimum Gasteiger partial charge on any atom is -0.438 e. The molecule has 0 saturated carbocycles. The lowest BCUT2D eigenvalue weighted by Gasteiger charge is -2.23. The molecule has 0 N–H and O–H groups in total. The number of rotatable bonds is 14. The Morgan fingerprint density at radius 3 is 1.68 bits per heavy atom. The monoisotopic (exact) mass is 368 g/mol. The number of hydrogen-bond donors (Lipinski definition) is 0. The molecule has 0 aromatic rings. The predicted molar refractivity (Wildman–Crippen MR) is 78.8 cm³/mol. The highest BCUT2D eigenvalue weighted by Gasteiger charge is 2.39. The maximum atomic E-state index is 12.2. The van der Waals surface area contributed by atoms with Crippen molar-refractivity contribution in [2.75, 3.05) is 55.6 Å². The summed E-state index contributed by atoms with van der Waals surface area (Å²) in [6, 6.07) is 0. The van der Waals surface area contributed by atoms with Gasteiger partial charge in [0.15, 0.2) is 26.5 Å². The van der Waals surface area contributed by atoms with E-state index in [-0.39, 0.29) is 27.2 Å². The van der Waals surface area contributed by atoms with Crippen LogP contribution >= 0.6 is 0 Å². The minimum atomic E-state index is -1.48. The lowest BCUT2D eigenvalue weighted by Crippen LogP contribution is -2.41. The number of carbonyl (C=O) groups is 3. The summed E-state index contributed by atoms with van der Waals surface area (Å²) in [5.41, 5.74) is 0. The van der Waals surface area contributed by atoms with E-state index in [0.717, 1.165) is 0 Å². The summed E-state index contributed by atoms with van der Waals surface area (Å²) >= 11 is 0. The molecular formula is C14H24O11. The normalized spacial score (nSPS) is 13.0. The van der Waals surface area contributed by atoms with Crippen molar-refractivity contribution in [3.8, 4) is 0 Å². The van der Waals surface area contributed by atoms with Gasteiger partial charge in [0.1, 0.15) is 12.7 Å². The summed E-state index contributed by atoms with van der Waals surface area (Å²) in [5, 5.41) is 0. The molecule has 11 heteroatoms. The average molecular weight is 368 g/mol. The number of methoxy groups -OCH3 is 4. The van der Waals surface area contributed by atoms with Crippen molar-refractivity contribution in [2.24, 2.45) is 5.92 Å². The van der Waals surface area contributed by atoms with Crippen LogP contribution in [0.5, 0.6) is 0 Å². The second-order valence-corrected chi connectivity index (χ2v) is 4.47. The molecule has 0 spiro atoms. The first kappa shape index (κ1) is 23.2. The third-order valence-electron chi connectivity index (χ3n) is 2.63. The van der Waals surface area contributed by atoms with Crippen molar-refractivity contribution in [1.82, 2.24) is 0 Å². The molecular weight excluding hydrogens is 344 g/mol. The van der Waals surface area contributed by atoms with E-state index in [1.54, 1.807) is 0 Å². The van der Waals surface area contributed by atoms with E-state index >= 15 is 0 Å². The molecule has 0 aliphatic carbocycles. The van der Waals surface area contributed by atoms with E-state index in [1.807, 2.05) is 0 Å². The molecule has 0 aromatic carbocycles. The fourth-order valence-corrected chi connectivity index (χ4v) is 1.59. The smallest absolute Gasteiger partial charge is 0.338 e. The zero-order valence-corrected chi connectivity index (χ0v) is 14.7. The zero-order valence-electron chi connectivity index (χ0n) is 14.7. The quantitative estimate of drug-likeness (QED) is 0.222. The van der Waals surface area contributed by atoms with E-state index in [2.05, 4.69) is 14.2 Å². The average Bonchev–Trinajstić information content (AvgIpc) is 2.61. The van der Waals surface area contributed by atoms with Crippen LogP contribution in [0.25, 0.3) is 0 Å². The summed E-state index contributed by atoms with van der Waals surface area (Å²) < 4.78 is 38.1. The summed E-state index contributed by atoms with van der Waals surface area (Å²) in [5.74, 6) is -3.99. The molecule has 25 heavy (non-hydrogen) atoms. The van der Waals surface area contributed by atoms with Crippen LogP contribution in [0.15, 0.2) is 0 Å². The highest BCUT2D eigenvalue weighted by Crippen LogP contribution is 2.18. The molecule has 11 nitrogen and oxygen atoms in total. The molecule has 0 aromatic heterocycles. The molecule has 146 valence electrons. The third kappa shape index (κ3) is 9.94. The molecule has 0 fully saturated rings. The van der Waals surface area contributed by atoms with Gasteiger partial charge >= 0.3 is 17.9 Å². The van der Waals surface area contributed by atoms with Crippen LogP contribution in [-0.4, -0.2) is 79.6 Å². The van der Waals surface area contributed by atoms with Crippen molar-refractivity contribution >= 4 is 17.9 Å². The second kappa shape index (κ2) is 14.5. The van der Waals surface area contributed by atoms with E-state index in [4.69, 9.17) is 23.7 Å². The Balaban J connectivity index is 5.22. The van der Waals surface area contributed by atoms with Crippen molar-refractivity contribution < 1.29 is 52.3 Å². The van der Waals surface area contributed by atoms with Crippen LogP contribution in [0.1, 0.15) is 6.42 Å². The van der Waals surface area contributed by atoms with Gasteiger partial charge in [-0.25, -0.2) is 4.79 Å². The number of hydrogen-bond acceptors (Lipinski definition) is 11. The maximum Gasteiger partial charge on any atom is 0.338 e. The Morgan fingerprint density at radius 2 is 1.16 bits per heavy atom. The summed E-state index contributed by atoms with van der Waals surface area (Å²) in [6.07, 6.45) is -1.99. The molecule has 0 unspecified atom stereocenters. The van der Waals surface area contributed by atoms with Gasteiger partial charge in [0.2, 0.25) is 0 Å². The van der Waals surface area contributed by atoms with Gasteiger partial charge in [0, 0.05) is 28.4 Å². The van der Waals surface area contributed by atoms with Gasteiger partial charge in [-0.1, -0.05) is 0 Å². The fraction of sp³-hybridized carbons (Fsp3) is 0.786. The Morgan fingerprint density at radius 1 is 0.680 bits per heavy atom. The Labute approximate surface area is 145 Å². The molecule has 0 amide bonds. The fourth-order valence-electron chi connectivity index (χ4n) is 1.59. The summed E-state index contributed by atoms with van der Waals surface area (Å²) in [4.78, 5) is 36.1. The largest absolute Gasteiger partial charge is 0.438 e. The van der Waals surface area contributed by atoms with Gasteiger partial charge in [0.05, 0.1) is 6.42 Å². The molecule has 0 radical (unpaired) electrons. The van der Waals surface area contributed by atoms with Gasteiger partial charge < -0.3 is 37.9 Å². The van der Waals surface area contributed by atoms with E-state index in [1.165, 1.54) is 28.4 Å². The minimum absolute atomic E-state index is 0.309. The van der Waals surface area contributed by atoms with E-state index in [0.29, 0.717) is 0 Å². The SMILES string of the molecule is COCOC(=O)C[C@H](C(=O)OCOC)[C@@H](OCOC)C(=O)OCOC. The van der Waals surface area contributed by atoms with Crippen LogP contribution in [0.3, 0.4) is 0 Å². The van der Waals surface area contributed by atoms with Crippen LogP contribution < -0.4 is 0 Å². The van der Waals surface area contributed by atoms with E-state index < -0.39 is 36.4 Å². The Hall–Kier alpha value is -1.79. The predicted octanol–water partition coefficient (Wildman–Crippen LogP) is -0.577. The Kier molecular flexibility index (Phi) is 13.5. The molecule has 0 aliphatic heterocycles. The lowest BCUT2D eigenvalue weighted by molar-refractivity contribution is -0.191. The number of carbonyl (C=O) groups excluding carboxylic acids is 3. The Bertz CT molecular complexity index is 398. The van der Waals surface area contributed by atoms with Crippen molar-refractivity contribution in [3.63, 3.8) is 0 Å². The first-order valence-electron chi connectivity index (χ1n) is 7.08. The highest BCUT2D eigenvalue weighted by atomic mass is 16.7. The topological polar surface area (TPSA) is 125 Å². The molecule has 0 saturated heterocycles. The standard InChI is InChI=1S/C14H24O11/c1-18-6-22-11(15)5-10(13(16)24-8-20-3)12(23-7-19-2)14(17)25-9-21-4/h10,12H,5-9H2,1-4H3/t10-,12+/m0/s1. The first-order valence-corrected chi connectivity index (χ1v) is 7.08. The van der Waals surface area contributed by atoms with Crippen LogP contribution in [0.4, 0.5) is 0 Å². The summed E-state index contributed by atoms with van der Waals surface area (Å²) in [6.45, 7) is -1.36. The van der Waals surface area contributed by atoms with Gasteiger partial charge in [-0.15, -0.1) is 0 Å². The molecule has 0 heterocycles. The number of ether oxygens (including phenoxy) is 8.